The van der Waals surface area contributed by atoms with E-state index in [4.69, 9.17) is 0 Å². The molecule has 1 aromatic heterocycles. The number of hydrogen-bond donors (Lipinski definition) is 2. The summed E-state index contributed by atoms with van der Waals surface area (Å²) in [6, 6.07) is 7.61. The first-order chi connectivity index (χ1) is 9.33. The average molecular weight is 258 g/mol. The largest absolute Gasteiger partial charge is 0.508 e. The van der Waals surface area contributed by atoms with Crippen molar-refractivity contribution in [1.82, 2.24) is 14.8 Å². The van der Waals surface area contributed by atoms with Gasteiger partial charge in [-0.1, -0.05) is 12.8 Å². The maximum Gasteiger partial charge on any atom is 0.152 e. The van der Waals surface area contributed by atoms with Crippen LogP contribution in [0.15, 0.2) is 30.6 Å². The van der Waals surface area contributed by atoms with Crippen molar-refractivity contribution in [1.29, 1.82) is 0 Å². The number of nitrogens with one attached hydrogen (secondary N) is 1. The third-order valence-electron chi connectivity index (χ3n) is 3.68. The number of phenols is 1. The molecule has 0 spiro atoms. The SMILES string of the molecule is Oc1ccc(NCc2nncn2C2CCCC2)cc1. The van der Waals surface area contributed by atoms with E-state index in [1.54, 1.807) is 12.1 Å². The maximum atomic E-state index is 9.24. The van der Waals surface area contributed by atoms with Gasteiger partial charge in [-0.2, -0.15) is 0 Å². The minimum absolute atomic E-state index is 0.277. The van der Waals surface area contributed by atoms with Crippen molar-refractivity contribution < 1.29 is 5.11 Å². The van der Waals surface area contributed by atoms with Gasteiger partial charge in [-0.3, -0.25) is 0 Å². The third kappa shape index (κ3) is 2.70. The summed E-state index contributed by atoms with van der Waals surface area (Å²) in [5.41, 5.74) is 0.971. The number of aromatic hydroxyl groups is 1. The lowest BCUT2D eigenvalue weighted by atomic mass is 10.2. The standard InChI is InChI=1S/C14H18N4O/c19-13-7-5-11(6-8-13)15-9-14-17-16-10-18(14)12-3-1-2-4-12/h5-8,10,12,15,19H,1-4,9H2. The van der Waals surface area contributed by atoms with Crippen LogP contribution in [0.4, 0.5) is 5.69 Å². The van der Waals surface area contributed by atoms with Crippen molar-refractivity contribution in [3.8, 4) is 5.75 Å². The number of hydrogen-bond acceptors (Lipinski definition) is 4. The van der Waals surface area contributed by atoms with Crippen LogP contribution in [0.3, 0.4) is 0 Å². The fourth-order valence-corrected chi connectivity index (χ4v) is 2.64. The Kier molecular flexibility index (Phi) is 3.35. The van der Waals surface area contributed by atoms with Crippen LogP contribution in [0.5, 0.6) is 5.75 Å². The molecule has 1 aromatic carbocycles. The predicted molar refractivity (Wildman–Crippen MR) is 73.0 cm³/mol. The van der Waals surface area contributed by atoms with Gasteiger partial charge in [0.2, 0.25) is 0 Å². The molecule has 1 heterocycles. The van der Waals surface area contributed by atoms with Gasteiger partial charge in [0.25, 0.3) is 0 Å². The molecule has 0 atom stereocenters. The fraction of sp³-hybridized carbons (Fsp3) is 0.429. The van der Waals surface area contributed by atoms with Crippen LogP contribution < -0.4 is 5.32 Å². The minimum Gasteiger partial charge on any atom is -0.508 e. The Morgan fingerprint density at radius 2 is 1.95 bits per heavy atom. The second-order valence-electron chi connectivity index (χ2n) is 4.99. The number of phenolic OH excluding ortho intramolecular Hbond substituents is 1. The minimum atomic E-state index is 0.277. The van der Waals surface area contributed by atoms with Gasteiger partial charge in [0.1, 0.15) is 12.1 Å². The van der Waals surface area contributed by atoms with E-state index in [-0.39, 0.29) is 5.75 Å². The van der Waals surface area contributed by atoms with Crippen LogP contribution >= 0.6 is 0 Å². The van der Waals surface area contributed by atoms with Crippen LogP contribution in [0, 0.1) is 0 Å². The Balaban J connectivity index is 1.66. The van der Waals surface area contributed by atoms with E-state index in [0.29, 0.717) is 12.6 Å². The van der Waals surface area contributed by atoms with E-state index in [1.807, 2.05) is 18.5 Å². The van der Waals surface area contributed by atoms with E-state index < -0.39 is 0 Å². The van der Waals surface area contributed by atoms with Gasteiger partial charge >= 0.3 is 0 Å². The Hall–Kier alpha value is -2.04. The molecule has 1 saturated carbocycles. The fourth-order valence-electron chi connectivity index (χ4n) is 2.64. The summed E-state index contributed by atoms with van der Waals surface area (Å²) < 4.78 is 2.19. The van der Waals surface area contributed by atoms with Crippen molar-refractivity contribution >= 4 is 5.69 Å². The van der Waals surface area contributed by atoms with Gasteiger partial charge in [0.05, 0.1) is 6.54 Å². The topological polar surface area (TPSA) is 63.0 Å². The summed E-state index contributed by atoms with van der Waals surface area (Å²) in [5, 5.41) is 20.8. The first kappa shape index (κ1) is 12.0. The average Bonchev–Trinajstić information content (AvgIpc) is 3.08. The monoisotopic (exact) mass is 258 g/mol. The van der Waals surface area contributed by atoms with Crippen molar-refractivity contribution in [3.63, 3.8) is 0 Å². The normalized spacial score (nSPS) is 15.8. The molecular formula is C14H18N4O. The molecule has 1 aliphatic carbocycles. The maximum absolute atomic E-state index is 9.24. The lowest BCUT2D eigenvalue weighted by Crippen LogP contribution is -2.12. The van der Waals surface area contributed by atoms with E-state index in [2.05, 4.69) is 20.1 Å². The Morgan fingerprint density at radius 3 is 2.68 bits per heavy atom. The van der Waals surface area contributed by atoms with Gasteiger partial charge in [-0.25, -0.2) is 0 Å². The van der Waals surface area contributed by atoms with Crippen LogP contribution in [0.1, 0.15) is 37.5 Å². The molecule has 0 unspecified atom stereocenters. The molecule has 100 valence electrons. The molecule has 3 rings (SSSR count). The van der Waals surface area contributed by atoms with E-state index >= 15 is 0 Å². The molecule has 5 heteroatoms. The molecular weight excluding hydrogens is 240 g/mol. The first-order valence-electron chi connectivity index (χ1n) is 6.74. The van der Waals surface area contributed by atoms with Gasteiger partial charge in [0, 0.05) is 11.7 Å². The molecule has 0 radical (unpaired) electrons. The van der Waals surface area contributed by atoms with Gasteiger partial charge in [-0.05, 0) is 37.1 Å². The third-order valence-corrected chi connectivity index (χ3v) is 3.68. The second-order valence-corrected chi connectivity index (χ2v) is 4.99. The van der Waals surface area contributed by atoms with Crippen LogP contribution in [-0.4, -0.2) is 19.9 Å². The number of aromatic nitrogens is 3. The van der Waals surface area contributed by atoms with Crippen LogP contribution in [0.2, 0.25) is 0 Å². The summed E-state index contributed by atoms with van der Waals surface area (Å²) in [5.74, 6) is 1.25. The predicted octanol–water partition coefficient (Wildman–Crippen LogP) is 2.71. The summed E-state index contributed by atoms with van der Waals surface area (Å²) in [4.78, 5) is 0. The second kappa shape index (κ2) is 5.30. The Bertz CT molecular complexity index is 529. The smallest absolute Gasteiger partial charge is 0.152 e. The summed E-state index contributed by atoms with van der Waals surface area (Å²) in [7, 11) is 0. The molecule has 0 saturated heterocycles. The Morgan fingerprint density at radius 1 is 1.21 bits per heavy atom. The molecule has 2 N–H and O–H groups in total. The zero-order valence-electron chi connectivity index (χ0n) is 10.8. The molecule has 0 amide bonds. The number of nitrogens with zero attached hydrogens (tertiary/aromatic N) is 3. The molecule has 0 aliphatic heterocycles. The number of benzene rings is 1. The Labute approximate surface area is 112 Å². The van der Waals surface area contributed by atoms with Crippen molar-refractivity contribution in [2.75, 3.05) is 5.32 Å². The number of anilines is 1. The molecule has 5 nitrogen and oxygen atoms in total. The lowest BCUT2D eigenvalue weighted by molar-refractivity contribution is 0.475. The lowest BCUT2D eigenvalue weighted by Gasteiger charge is -2.14. The zero-order valence-corrected chi connectivity index (χ0v) is 10.8. The molecule has 0 bridgehead atoms. The molecule has 2 aromatic rings. The van der Waals surface area contributed by atoms with Crippen molar-refractivity contribution in [3.05, 3.63) is 36.4 Å². The van der Waals surface area contributed by atoms with E-state index in [1.165, 1.54) is 25.7 Å². The van der Waals surface area contributed by atoms with Crippen LogP contribution in [0.25, 0.3) is 0 Å². The molecule has 1 aliphatic rings. The summed E-state index contributed by atoms with van der Waals surface area (Å²) in [6.07, 6.45) is 6.89. The quantitative estimate of drug-likeness (QED) is 0.828. The van der Waals surface area contributed by atoms with Gasteiger partial charge in [0.15, 0.2) is 5.82 Å². The van der Waals surface area contributed by atoms with Gasteiger partial charge < -0.3 is 15.0 Å². The zero-order chi connectivity index (χ0) is 13.1. The van der Waals surface area contributed by atoms with Gasteiger partial charge in [-0.15, -0.1) is 10.2 Å². The number of rotatable bonds is 4. The highest BCUT2D eigenvalue weighted by atomic mass is 16.3. The highest BCUT2D eigenvalue weighted by molar-refractivity contribution is 5.45. The summed E-state index contributed by atoms with van der Waals surface area (Å²) in [6.45, 7) is 0.654. The van der Waals surface area contributed by atoms with Crippen molar-refractivity contribution in [2.45, 2.75) is 38.3 Å². The summed E-state index contributed by atoms with van der Waals surface area (Å²) >= 11 is 0. The van der Waals surface area contributed by atoms with Crippen LogP contribution in [-0.2, 0) is 6.54 Å². The highest BCUT2D eigenvalue weighted by Gasteiger charge is 2.19. The highest BCUT2D eigenvalue weighted by Crippen LogP contribution is 2.29. The van der Waals surface area contributed by atoms with E-state index in [9.17, 15) is 5.11 Å². The van der Waals surface area contributed by atoms with E-state index in [0.717, 1.165) is 11.5 Å². The van der Waals surface area contributed by atoms with Crippen molar-refractivity contribution in [2.24, 2.45) is 0 Å². The first-order valence-corrected chi connectivity index (χ1v) is 6.74. The molecule has 1 fully saturated rings. The molecule has 19 heavy (non-hydrogen) atoms.